The summed E-state index contributed by atoms with van der Waals surface area (Å²) in [6.07, 6.45) is 21.0. The molecule has 0 N–H and O–H groups in total. The van der Waals surface area contributed by atoms with Gasteiger partial charge in [0, 0.05) is 47.2 Å². The summed E-state index contributed by atoms with van der Waals surface area (Å²) >= 11 is 0. The molecule has 7 nitrogen and oxygen atoms in total. The van der Waals surface area contributed by atoms with E-state index in [-0.39, 0.29) is 16.2 Å². The molecule has 330 valence electrons. The van der Waals surface area contributed by atoms with Crippen LogP contribution in [0.2, 0.25) is 0 Å². The molecule has 1 aliphatic heterocycles. The van der Waals surface area contributed by atoms with Crippen LogP contribution in [0.25, 0.3) is 49.0 Å². The Hall–Kier alpha value is -4.10. The predicted octanol–water partition coefficient (Wildman–Crippen LogP) is 12.5. The third-order valence-corrected chi connectivity index (χ3v) is 21.9. The number of piperidine rings is 1. The highest BCUT2D eigenvalue weighted by Gasteiger charge is 2.66. The minimum absolute atomic E-state index is 0.0812. The van der Waals surface area contributed by atoms with E-state index in [1.807, 2.05) is 12.1 Å². The number of nitro benzene ring substituents is 1. The average molecular weight is 853 g/mol. The number of rotatable bonds is 3. The molecule has 15 rings (SSSR count). The summed E-state index contributed by atoms with van der Waals surface area (Å²) in [4.78, 5) is 35.5. The Balaban J connectivity index is 0.777. The lowest BCUT2D eigenvalue weighted by Gasteiger charge is -2.71. The Morgan fingerprint density at radius 1 is 0.609 bits per heavy atom. The third-order valence-electron chi connectivity index (χ3n) is 21.9. The predicted molar refractivity (Wildman–Crippen MR) is 255 cm³/mol. The molecule has 7 heteroatoms. The normalized spacial score (nSPS) is 39.8. The fraction of sp³-hybridized carbons (Fsp3) is 0.614. The first kappa shape index (κ1) is 38.1. The summed E-state index contributed by atoms with van der Waals surface area (Å²) in [6, 6.07) is 16.1. The van der Waals surface area contributed by atoms with Crippen LogP contribution in [-0.2, 0) is 6.54 Å². The van der Waals surface area contributed by atoms with Crippen molar-refractivity contribution in [3.8, 4) is 0 Å². The first-order valence-corrected chi connectivity index (χ1v) is 26.2. The van der Waals surface area contributed by atoms with Crippen LogP contribution < -0.4 is 5.56 Å². The number of likely N-dealkylation sites (tertiary alicyclic amines) is 1. The van der Waals surface area contributed by atoms with Crippen LogP contribution in [0.1, 0.15) is 107 Å². The van der Waals surface area contributed by atoms with Crippen molar-refractivity contribution in [3.05, 3.63) is 85.7 Å². The van der Waals surface area contributed by atoms with Crippen molar-refractivity contribution < 1.29 is 4.92 Å². The van der Waals surface area contributed by atoms with Crippen molar-refractivity contribution in [2.24, 2.45) is 94.7 Å². The first-order valence-electron chi connectivity index (χ1n) is 26.2. The first-order chi connectivity index (χ1) is 31.3. The molecular weight excluding hydrogens is 789 g/mol. The van der Waals surface area contributed by atoms with Crippen molar-refractivity contribution in [3.63, 3.8) is 0 Å². The monoisotopic (exact) mass is 852 g/mol. The summed E-state index contributed by atoms with van der Waals surface area (Å²) < 4.78 is 1.80. The number of hydrogen-bond donors (Lipinski definition) is 0. The van der Waals surface area contributed by atoms with Crippen LogP contribution in [-0.4, -0.2) is 32.3 Å². The number of pyridine rings is 1. The van der Waals surface area contributed by atoms with Gasteiger partial charge in [-0.25, -0.2) is 4.98 Å². The van der Waals surface area contributed by atoms with E-state index in [9.17, 15) is 14.9 Å². The van der Waals surface area contributed by atoms with E-state index in [0.717, 1.165) is 145 Å². The second kappa shape index (κ2) is 13.5. The van der Waals surface area contributed by atoms with Gasteiger partial charge in [-0.15, -0.1) is 0 Å². The zero-order valence-electron chi connectivity index (χ0n) is 37.9. The molecule has 6 aromatic rings. The highest BCUT2D eigenvalue weighted by Crippen LogP contribution is 2.73. The fourth-order valence-electron chi connectivity index (χ4n) is 20.5. The van der Waals surface area contributed by atoms with Gasteiger partial charge >= 0.3 is 0 Å². The van der Waals surface area contributed by atoms with Gasteiger partial charge in [-0.1, -0.05) is 56.0 Å². The highest BCUT2D eigenvalue weighted by atomic mass is 16.6. The van der Waals surface area contributed by atoms with E-state index in [0.29, 0.717) is 34.9 Å². The maximum atomic E-state index is 14.6. The zero-order valence-corrected chi connectivity index (χ0v) is 37.9. The second-order valence-corrected chi connectivity index (χ2v) is 23.9. The summed E-state index contributed by atoms with van der Waals surface area (Å²) in [5.41, 5.74) is 4.95. The van der Waals surface area contributed by atoms with Gasteiger partial charge in [0.15, 0.2) is 0 Å². The summed E-state index contributed by atoms with van der Waals surface area (Å²) in [5, 5.41) is 18.5. The number of nitro groups is 1. The fourth-order valence-corrected chi connectivity index (χ4v) is 20.5. The largest absolute Gasteiger partial charge is 0.298 e. The summed E-state index contributed by atoms with van der Waals surface area (Å²) in [7, 11) is 0. The van der Waals surface area contributed by atoms with E-state index in [4.69, 9.17) is 4.98 Å². The molecule has 8 saturated carbocycles. The van der Waals surface area contributed by atoms with Crippen LogP contribution in [0.4, 0.5) is 5.69 Å². The Kier molecular flexibility index (Phi) is 8.03. The minimum atomic E-state index is -0.163. The van der Waals surface area contributed by atoms with Crippen molar-refractivity contribution in [1.82, 2.24) is 14.3 Å². The summed E-state index contributed by atoms with van der Waals surface area (Å²) in [5.74, 6) is 15.5. The second-order valence-electron chi connectivity index (χ2n) is 23.9. The van der Waals surface area contributed by atoms with Crippen molar-refractivity contribution in [2.75, 3.05) is 13.1 Å². The van der Waals surface area contributed by atoms with Gasteiger partial charge in [0.2, 0.25) is 0 Å². The number of aromatic nitrogens is 2. The molecule has 10 unspecified atom stereocenters. The SMILES string of the molecule is Cc1cc2c(CN3CC4CCC5C6CCC7C8CCCC9CCCC(C%10CCC(C%11CCC(C3)C4C5%11)C6C7%10)C98)c([N+](=O)[O-])cc3nc4c5ccc(C)c6cccc(c(=O)n4c(c1)c32)c65. The molecule has 1 saturated heterocycles. The summed E-state index contributed by atoms with van der Waals surface area (Å²) in [6.45, 7) is 6.83. The quantitative estimate of drug-likeness (QED) is 0.0767. The van der Waals surface area contributed by atoms with Gasteiger partial charge in [-0.3, -0.25) is 24.2 Å². The maximum Gasteiger partial charge on any atom is 0.276 e. The van der Waals surface area contributed by atoms with E-state index >= 15 is 0 Å². The Bertz CT molecular complexity index is 2970. The van der Waals surface area contributed by atoms with Gasteiger partial charge in [-0.2, -0.15) is 0 Å². The lowest BCUT2D eigenvalue weighted by molar-refractivity contribution is -0.385. The molecule has 3 heterocycles. The molecule has 0 bridgehead atoms. The number of nitrogens with zero attached hydrogens (tertiary/aromatic N) is 4. The molecule has 8 aliphatic carbocycles. The number of benzene rings is 4. The highest BCUT2D eigenvalue weighted by molar-refractivity contribution is 6.18. The van der Waals surface area contributed by atoms with Crippen LogP contribution in [0.5, 0.6) is 0 Å². The maximum absolute atomic E-state index is 14.6. The van der Waals surface area contributed by atoms with Crippen LogP contribution >= 0.6 is 0 Å². The number of hydrogen-bond acceptors (Lipinski definition) is 5. The number of fused-ring (bicyclic) bond motifs is 7. The van der Waals surface area contributed by atoms with E-state index in [1.165, 1.54) is 38.5 Å². The van der Waals surface area contributed by atoms with E-state index in [1.54, 1.807) is 61.8 Å². The van der Waals surface area contributed by atoms with Crippen LogP contribution in [0, 0.1) is 119 Å². The molecule has 9 aliphatic rings. The Labute approximate surface area is 376 Å². The van der Waals surface area contributed by atoms with Crippen molar-refractivity contribution in [2.45, 2.75) is 110 Å². The Morgan fingerprint density at radius 3 is 1.84 bits per heavy atom. The van der Waals surface area contributed by atoms with E-state index in [2.05, 4.69) is 49.1 Å². The van der Waals surface area contributed by atoms with Gasteiger partial charge in [-0.05, 0) is 207 Å². The molecule has 10 atom stereocenters. The molecule has 64 heavy (non-hydrogen) atoms. The van der Waals surface area contributed by atoms with E-state index < -0.39 is 0 Å². The van der Waals surface area contributed by atoms with Gasteiger partial charge < -0.3 is 0 Å². The third kappa shape index (κ3) is 4.93. The van der Waals surface area contributed by atoms with Crippen LogP contribution in [0.3, 0.4) is 0 Å². The molecule has 2 aromatic heterocycles. The number of aryl methyl sites for hydroxylation is 2. The van der Waals surface area contributed by atoms with Gasteiger partial charge in [0.1, 0.15) is 5.65 Å². The lowest BCUT2D eigenvalue weighted by Crippen LogP contribution is -2.66. The molecule has 0 spiro atoms. The van der Waals surface area contributed by atoms with Crippen LogP contribution in [0.15, 0.2) is 53.3 Å². The minimum Gasteiger partial charge on any atom is -0.298 e. The molecule has 0 radical (unpaired) electrons. The van der Waals surface area contributed by atoms with Crippen molar-refractivity contribution >= 4 is 54.7 Å². The Morgan fingerprint density at radius 2 is 1.20 bits per heavy atom. The van der Waals surface area contributed by atoms with Gasteiger partial charge in [0.25, 0.3) is 11.2 Å². The molecule has 4 aromatic carbocycles. The molecule has 0 amide bonds. The average Bonchev–Trinajstić information content (AvgIpc) is 3.31. The van der Waals surface area contributed by atoms with Crippen molar-refractivity contribution in [1.29, 1.82) is 0 Å². The molecule has 9 fully saturated rings. The molecular formula is C57H64N4O3. The zero-order chi connectivity index (χ0) is 42.4. The smallest absolute Gasteiger partial charge is 0.276 e. The standard InChI is InChI=1S/C57H64N4O3/c1-28-22-44-45(47(61(63)64)24-46-55(44)48(23-28)60-56(58-46)42-15-12-29(2)33-8-5-11-43(51(33)42)57(60)62)27-59-25-31-13-16-36-40-20-18-38-34-9-3-6-30-7-4-10-35(50(30)34)39-19-21-41(54(40)53(38)39)37-17-14-32(26-59)49(31)52(36)37/h5,8,11-12,15,22-24,30-32,34-41,49-50,52-54H,3-4,6-7,9-10,13-14,16-21,25-27H2,1-2H3. The lowest BCUT2D eigenvalue weighted by atomic mass is 9.34. The van der Waals surface area contributed by atoms with Gasteiger partial charge in [0.05, 0.1) is 21.5 Å². The topological polar surface area (TPSA) is 80.8 Å².